The Kier molecular flexibility index (Phi) is 7.39. The molecule has 2 fully saturated rings. The van der Waals surface area contributed by atoms with Gasteiger partial charge in [0.15, 0.2) is 0 Å². The highest BCUT2D eigenvalue weighted by Crippen LogP contribution is 2.31. The Bertz CT molecular complexity index is 1140. The fraction of sp³-hybridized carbons (Fsp3) is 0.448. The molecule has 3 aliphatic heterocycles. The first-order chi connectivity index (χ1) is 17.5. The summed E-state index contributed by atoms with van der Waals surface area (Å²) >= 11 is 0. The molecule has 0 unspecified atom stereocenters. The molecule has 1 N–H and O–H groups in total. The van der Waals surface area contributed by atoms with Gasteiger partial charge in [0.1, 0.15) is 5.75 Å². The van der Waals surface area contributed by atoms with Gasteiger partial charge < -0.3 is 10.1 Å². The second-order valence-corrected chi connectivity index (χ2v) is 9.97. The third-order valence-corrected chi connectivity index (χ3v) is 7.74. The van der Waals surface area contributed by atoms with Crippen LogP contribution in [0.25, 0.3) is 5.57 Å². The lowest BCUT2D eigenvalue weighted by atomic mass is 9.95. The number of methoxy groups -OCH3 is 1. The van der Waals surface area contributed by atoms with Crippen molar-refractivity contribution in [3.63, 3.8) is 0 Å². The zero-order valence-electron chi connectivity index (χ0n) is 21.3. The molecule has 7 nitrogen and oxygen atoms in total. The van der Waals surface area contributed by atoms with Crippen molar-refractivity contribution in [2.24, 2.45) is 0 Å². The summed E-state index contributed by atoms with van der Waals surface area (Å²) < 4.78 is 5.21. The van der Waals surface area contributed by atoms with Crippen LogP contribution in [0.2, 0.25) is 0 Å². The SMILES string of the molecule is COc1ccc(CN2C(=O)CCN(c3ccc(C4=CCN(C5CCNCC5)CC4)cc3C)C2=O)cc1. The Morgan fingerprint density at radius 3 is 2.44 bits per heavy atom. The standard InChI is InChI=1S/C29H36N4O3/c1-21-19-24(23-11-16-31(17-12-23)25-9-14-30-15-10-25)5-8-27(21)32-18-13-28(34)33(29(32)35)20-22-3-6-26(36-2)7-4-22/h3-8,11,19,25,30H,9-10,12-18,20H2,1-2H3. The molecule has 0 saturated carbocycles. The van der Waals surface area contributed by atoms with E-state index >= 15 is 0 Å². The van der Waals surface area contributed by atoms with Gasteiger partial charge in [-0.3, -0.25) is 19.5 Å². The zero-order valence-corrected chi connectivity index (χ0v) is 21.3. The minimum absolute atomic E-state index is 0.132. The molecule has 0 atom stereocenters. The lowest BCUT2D eigenvalue weighted by Gasteiger charge is -2.37. The number of hydrogen-bond acceptors (Lipinski definition) is 5. The molecular formula is C29H36N4O3. The second kappa shape index (κ2) is 10.8. The number of carbonyl (C=O) groups is 2. The number of hydrogen-bond donors (Lipinski definition) is 1. The fourth-order valence-corrected chi connectivity index (χ4v) is 5.59. The van der Waals surface area contributed by atoms with Gasteiger partial charge in [0, 0.05) is 37.8 Å². The van der Waals surface area contributed by atoms with Gasteiger partial charge in [-0.1, -0.05) is 24.3 Å². The summed E-state index contributed by atoms with van der Waals surface area (Å²) in [6.07, 6.45) is 6.22. The summed E-state index contributed by atoms with van der Waals surface area (Å²) in [5.41, 5.74) is 5.45. The molecule has 7 heteroatoms. The number of piperidine rings is 1. The van der Waals surface area contributed by atoms with Crippen LogP contribution in [0.1, 0.15) is 42.4 Å². The molecule has 2 aromatic rings. The highest BCUT2D eigenvalue weighted by atomic mass is 16.5. The van der Waals surface area contributed by atoms with Crippen LogP contribution >= 0.6 is 0 Å². The van der Waals surface area contributed by atoms with Crippen LogP contribution in [-0.2, 0) is 11.3 Å². The van der Waals surface area contributed by atoms with Gasteiger partial charge in [0.2, 0.25) is 5.91 Å². The van der Waals surface area contributed by atoms with E-state index < -0.39 is 0 Å². The zero-order chi connectivity index (χ0) is 25.1. The topological polar surface area (TPSA) is 65.1 Å². The lowest BCUT2D eigenvalue weighted by molar-refractivity contribution is -0.129. The fourth-order valence-electron chi connectivity index (χ4n) is 5.59. The van der Waals surface area contributed by atoms with Gasteiger partial charge in [0.05, 0.1) is 13.7 Å². The van der Waals surface area contributed by atoms with E-state index in [9.17, 15) is 9.59 Å². The smallest absolute Gasteiger partial charge is 0.331 e. The predicted octanol–water partition coefficient (Wildman–Crippen LogP) is 4.20. The van der Waals surface area contributed by atoms with Crippen molar-refractivity contribution < 1.29 is 14.3 Å². The molecule has 2 saturated heterocycles. The molecule has 3 heterocycles. The van der Waals surface area contributed by atoms with Gasteiger partial charge in [-0.25, -0.2) is 4.79 Å². The van der Waals surface area contributed by atoms with Crippen LogP contribution in [0, 0.1) is 6.92 Å². The van der Waals surface area contributed by atoms with Crippen molar-refractivity contribution in [1.82, 2.24) is 15.1 Å². The molecule has 0 spiro atoms. The number of imide groups is 1. The van der Waals surface area contributed by atoms with E-state index in [2.05, 4.69) is 35.3 Å². The predicted molar refractivity (Wildman–Crippen MR) is 142 cm³/mol. The van der Waals surface area contributed by atoms with Gasteiger partial charge >= 0.3 is 6.03 Å². The maximum atomic E-state index is 13.4. The largest absolute Gasteiger partial charge is 0.497 e. The van der Waals surface area contributed by atoms with Crippen LogP contribution in [0.3, 0.4) is 0 Å². The van der Waals surface area contributed by atoms with E-state index in [1.165, 1.54) is 28.9 Å². The Morgan fingerprint density at radius 2 is 1.78 bits per heavy atom. The first-order valence-electron chi connectivity index (χ1n) is 13.0. The number of anilines is 1. The average molecular weight is 489 g/mol. The number of carbonyl (C=O) groups excluding carboxylic acids is 2. The monoisotopic (exact) mass is 488 g/mol. The molecule has 3 aliphatic rings. The molecule has 0 radical (unpaired) electrons. The van der Waals surface area contributed by atoms with Crippen molar-refractivity contribution in [3.8, 4) is 5.75 Å². The number of urea groups is 1. The molecular weight excluding hydrogens is 452 g/mol. The Labute approximate surface area is 213 Å². The van der Waals surface area contributed by atoms with E-state index in [0.717, 1.165) is 55.2 Å². The minimum Gasteiger partial charge on any atom is -0.497 e. The first-order valence-corrected chi connectivity index (χ1v) is 13.0. The summed E-state index contributed by atoms with van der Waals surface area (Å²) in [5.74, 6) is 0.617. The lowest BCUT2D eigenvalue weighted by Crippen LogP contribution is -2.52. The van der Waals surface area contributed by atoms with Crippen LogP contribution < -0.4 is 15.0 Å². The highest BCUT2D eigenvalue weighted by molar-refractivity contribution is 6.06. The maximum absolute atomic E-state index is 13.4. The third-order valence-electron chi connectivity index (χ3n) is 7.74. The number of nitrogens with one attached hydrogen (secondary N) is 1. The Hall–Kier alpha value is -3.16. The first kappa shape index (κ1) is 24.5. The number of amides is 3. The van der Waals surface area contributed by atoms with Crippen LogP contribution in [-0.4, -0.2) is 67.6 Å². The molecule has 2 aromatic carbocycles. The van der Waals surface area contributed by atoms with E-state index in [-0.39, 0.29) is 18.5 Å². The number of aryl methyl sites for hydroxylation is 1. The number of rotatable bonds is 6. The summed E-state index contributed by atoms with van der Waals surface area (Å²) in [7, 11) is 1.62. The quantitative estimate of drug-likeness (QED) is 0.660. The Balaban J connectivity index is 1.28. The summed E-state index contributed by atoms with van der Waals surface area (Å²) in [6, 6.07) is 14.3. The molecule has 5 rings (SSSR count). The number of nitrogens with zero attached hydrogens (tertiary/aromatic N) is 3. The van der Waals surface area contributed by atoms with Gasteiger partial charge in [-0.2, -0.15) is 0 Å². The molecule has 0 aromatic heterocycles. The van der Waals surface area contributed by atoms with Crippen LogP contribution in [0.4, 0.5) is 10.5 Å². The molecule has 3 amide bonds. The molecule has 0 bridgehead atoms. The number of ether oxygens (including phenoxy) is 1. The van der Waals surface area contributed by atoms with Crippen LogP contribution in [0.15, 0.2) is 48.5 Å². The Morgan fingerprint density at radius 1 is 1.00 bits per heavy atom. The summed E-state index contributed by atoms with van der Waals surface area (Å²) in [5, 5.41) is 3.46. The summed E-state index contributed by atoms with van der Waals surface area (Å²) in [4.78, 5) is 31.7. The second-order valence-electron chi connectivity index (χ2n) is 9.97. The number of benzene rings is 2. The normalized spacial score (nSPS) is 20.0. The van der Waals surface area contributed by atoms with Crippen molar-refractivity contribution in [1.29, 1.82) is 0 Å². The van der Waals surface area contributed by atoms with Crippen molar-refractivity contribution in [2.45, 2.75) is 45.2 Å². The highest BCUT2D eigenvalue weighted by Gasteiger charge is 2.33. The molecule has 190 valence electrons. The van der Waals surface area contributed by atoms with Gasteiger partial charge in [0.25, 0.3) is 0 Å². The molecule has 36 heavy (non-hydrogen) atoms. The summed E-state index contributed by atoms with van der Waals surface area (Å²) in [6.45, 7) is 7.08. The van der Waals surface area contributed by atoms with Crippen molar-refractivity contribution >= 4 is 23.2 Å². The maximum Gasteiger partial charge on any atom is 0.331 e. The third kappa shape index (κ3) is 5.18. The van der Waals surface area contributed by atoms with Gasteiger partial charge in [-0.15, -0.1) is 0 Å². The minimum atomic E-state index is -0.257. The average Bonchev–Trinajstić information content (AvgIpc) is 2.92. The molecule has 0 aliphatic carbocycles. The van der Waals surface area contributed by atoms with Crippen molar-refractivity contribution in [2.75, 3.05) is 44.7 Å². The van der Waals surface area contributed by atoms with Crippen molar-refractivity contribution in [3.05, 3.63) is 65.2 Å². The van der Waals surface area contributed by atoms with E-state index in [1.807, 2.05) is 30.3 Å². The van der Waals surface area contributed by atoms with E-state index in [0.29, 0.717) is 19.0 Å². The van der Waals surface area contributed by atoms with Crippen LogP contribution in [0.5, 0.6) is 5.75 Å². The van der Waals surface area contributed by atoms with Gasteiger partial charge in [-0.05, 0) is 85.8 Å². The van der Waals surface area contributed by atoms with E-state index in [4.69, 9.17) is 4.74 Å². The van der Waals surface area contributed by atoms with E-state index in [1.54, 1.807) is 12.0 Å².